The van der Waals surface area contributed by atoms with Crippen LogP contribution >= 0.6 is 31.9 Å². The summed E-state index contributed by atoms with van der Waals surface area (Å²) in [4.78, 5) is 0. The summed E-state index contributed by atoms with van der Waals surface area (Å²) >= 11 is 7.23. The lowest BCUT2D eigenvalue weighted by Crippen LogP contribution is -2.27. The van der Waals surface area contributed by atoms with E-state index in [2.05, 4.69) is 56.2 Å². The average molecular weight is 363 g/mol. The van der Waals surface area contributed by atoms with Crippen molar-refractivity contribution < 1.29 is 4.74 Å². The zero-order valence-electron chi connectivity index (χ0n) is 10.1. The van der Waals surface area contributed by atoms with E-state index in [1.165, 1.54) is 18.4 Å². The first-order valence-corrected chi connectivity index (χ1v) is 7.41. The van der Waals surface area contributed by atoms with Crippen LogP contribution in [0.2, 0.25) is 0 Å². The molecule has 1 aliphatic rings. The maximum absolute atomic E-state index is 5.29. The molecule has 2 nitrogen and oxygen atoms in total. The normalized spacial score (nSPS) is 16.9. The molecule has 94 valence electrons. The first kappa shape index (κ1) is 13.4. The van der Waals surface area contributed by atoms with Crippen LogP contribution in [0.25, 0.3) is 0 Å². The monoisotopic (exact) mass is 361 g/mol. The second kappa shape index (κ2) is 5.72. The fourth-order valence-electron chi connectivity index (χ4n) is 2.00. The number of hydrogen-bond acceptors (Lipinski definition) is 2. The molecule has 0 aromatic heterocycles. The fraction of sp³-hybridized carbons (Fsp3) is 0.538. The van der Waals surface area contributed by atoms with Gasteiger partial charge in [0.25, 0.3) is 0 Å². The number of hydrogen-bond donors (Lipinski definition) is 1. The Hall–Kier alpha value is -0.0600. The van der Waals surface area contributed by atoms with Gasteiger partial charge in [0.1, 0.15) is 0 Å². The van der Waals surface area contributed by atoms with Crippen LogP contribution in [0.1, 0.15) is 18.4 Å². The van der Waals surface area contributed by atoms with Gasteiger partial charge in [0.05, 0.1) is 18.3 Å². The van der Waals surface area contributed by atoms with Crippen LogP contribution in [0.15, 0.2) is 21.1 Å². The quantitative estimate of drug-likeness (QED) is 0.840. The highest BCUT2D eigenvalue weighted by Crippen LogP contribution is 2.38. The summed E-state index contributed by atoms with van der Waals surface area (Å²) in [6.07, 6.45) is 2.62. The standard InChI is InChI=1S/C13H17Br2NO/c1-8-5-10(14)13(11(15)6-8)16-12(7-17-2)9-3-4-9/h5-6,9,12,16H,3-4,7H2,1-2H3. The number of halogens is 2. The molecule has 1 fully saturated rings. The van der Waals surface area contributed by atoms with Crippen LogP contribution in [0.3, 0.4) is 0 Å². The van der Waals surface area contributed by atoms with E-state index < -0.39 is 0 Å². The van der Waals surface area contributed by atoms with Crippen molar-refractivity contribution in [3.63, 3.8) is 0 Å². The van der Waals surface area contributed by atoms with Crippen LogP contribution in [0.5, 0.6) is 0 Å². The molecule has 1 aromatic carbocycles. The Morgan fingerprint density at radius 3 is 2.41 bits per heavy atom. The summed E-state index contributed by atoms with van der Waals surface area (Å²) < 4.78 is 7.49. The van der Waals surface area contributed by atoms with E-state index in [1.54, 1.807) is 7.11 Å². The zero-order valence-corrected chi connectivity index (χ0v) is 13.3. The van der Waals surface area contributed by atoms with Gasteiger partial charge < -0.3 is 10.1 Å². The Labute approximate surface area is 119 Å². The van der Waals surface area contributed by atoms with Gasteiger partial charge in [-0.25, -0.2) is 0 Å². The third-order valence-electron chi connectivity index (χ3n) is 3.05. The molecule has 0 radical (unpaired) electrons. The Morgan fingerprint density at radius 2 is 1.94 bits per heavy atom. The van der Waals surface area contributed by atoms with Crippen molar-refractivity contribution in [2.24, 2.45) is 5.92 Å². The van der Waals surface area contributed by atoms with E-state index in [0.717, 1.165) is 27.2 Å². The largest absolute Gasteiger partial charge is 0.383 e. The first-order valence-electron chi connectivity index (χ1n) is 5.83. The molecule has 0 bridgehead atoms. The van der Waals surface area contributed by atoms with Crippen molar-refractivity contribution in [2.45, 2.75) is 25.8 Å². The van der Waals surface area contributed by atoms with Gasteiger partial charge in [-0.2, -0.15) is 0 Å². The third kappa shape index (κ3) is 3.46. The van der Waals surface area contributed by atoms with Crippen molar-refractivity contribution in [3.05, 3.63) is 26.6 Å². The molecule has 1 aromatic rings. The van der Waals surface area contributed by atoms with Crippen molar-refractivity contribution in [3.8, 4) is 0 Å². The molecule has 0 heterocycles. The van der Waals surface area contributed by atoms with E-state index in [-0.39, 0.29) is 0 Å². The van der Waals surface area contributed by atoms with Crippen molar-refractivity contribution >= 4 is 37.5 Å². The average Bonchev–Trinajstić information content (AvgIpc) is 3.05. The highest BCUT2D eigenvalue weighted by atomic mass is 79.9. The smallest absolute Gasteiger partial charge is 0.0666 e. The van der Waals surface area contributed by atoms with Crippen LogP contribution in [-0.4, -0.2) is 19.8 Å². The molecule has 0 saturated heterocycles. The second-order valence-corrected chi connectivity index (χ2v) is 6.36. The van der Waals surface area contributed by atoms with Crippen molar-refractivity contribution in [1.82, 2.24) is 0 Å². The number of ether oxygens (including phenoxy) is 1. The summed E-state index contributed by atoms with van der Waals surface area (Å²) in [5.74, 6) is 0.759. The Bertz CT molecular complexity index is 381. The molecule has 17 heavy (non-hydrogen) atoms. The summed E-state index contributed by atoms with van der Waals surface area (Å²) in [5, 5.41) is 3.59. The van der Waals surface area contributed by atoms with Gasteiger partial charge in [0.2, 0.25) is 0 Å². The van der Waals surface area contributed by atoms with Crippen LogP contribution < -0.4 is 5.32 Å². The second-order valence-electron chi connectivity index (χ2n) is 4.65. The van der Waals surface area contributed by atoms with Crippen molar-refractivity contribution in [1.29, 1.82) is 0 Å². The molecule has 4 heteroatoms. The number of anilines is 1. The molecule has 2 rings (SSSR count). The predicted octanol–water partition coefficient (Wildman–Crippen LogP) is 4.36. The molecular formula is C13H17Br2NO. The molecule has 1 N–H and O–H groups in total. The molecule has 1 atom stereocenters. The number of benzene rings is 1. The minimum atomic E-state index is 0.412. The Balaban J connectivity index is 2.16. The highest BCUT2D eigenvalue weighted by Gasteiger charge is 2.31. The Morgan fingerprint density at radius 1 is 1.35 bits per heavy atom. The molecule has 0 spiro atoms. The fourth-order valence-corrected chi connectivity index (χ4v) is 3.64. The summed E-state index contributed by atoms with van der Waals surface area (Å²) in [5.41, 5.74) is 2.37. The van der Waals surface area contributed by atoms with Gasteiger partial charge in [-0.3, -0.25) is 0 Å². The lowest BCUT2D eigenvalue weighted by molar-refractivity contribution is 0.179. The number of aryl methyl sites for hydroxylation is 1. The van der Waals surface area contributed by atoms with Crippen molar-refractivity contribution in [2.75, 3.05) is 19.0 Å². The zero-order chi connectivity index (χ0) is 12.4. The minimum Gasteiger partial charge on any atom is -0.383 e. The van der Waals surface area contributed by atoms with Crippen LogP contribution in [-0.2, 0) is 4.74 Å². The maximum Gasteiger partial charge on any atom is 0.0666 e. The summed E-state index contributed by atoms with van der Waals surface area (Å²) in [7, 11) is 1.76. The minimum absolute atomic E-state index is 0.412. The molecule has 1 saturated carbocycles. The lowest BCUT2D eigenvalue weighted by atomic mass is 10.1. The number of rotatable bonds is 5. The van der Waals surface area contributed by atoms with E-state index in [9.17, 15) is 0 Å². The topological polar surface area (TPSA) is 21.3 Å². The first-order chi connectivity index (χ1) is 8.11. The summed E-state index contributed by atoms with van der Waals surface area (Å²) in [6.45, 7) is 2.85. The van der Waals surface area contributed by atoms with Gasteiger partial charge in [0.15, 0.2) is 0 Å². The Kier molecular flexibility index (Phi) is 4.50. The molecule has 0 aliphatic heterocycles. The van der Waals surface area contributed by atoms with E-state index in [4.69, 9.17) is 4.74 Å². The highest BCUT2D eigenvalue weighted by molar-refractivity contribution is 9.11. The van der Waals surface area contributed by atoms with E-state index in [0.29, 0.717) is 6.04 Å². The molecule has 1 aliphatic carbocycles. The maximum atomic E-state index is 5.29. The van der Waals surface area contributed by atoms with E-state index >= 15 is 0 Å². The number of nitrogens with one attached hydrogen (secondary N) is 1. The van der Waals surface area contributed by atoms with Gasteiger partial charge >= 0.3 is 0 Å². The molecule has 0 amide bonds. The van der Waals surface area contributed by atoms with Gasteiger partial charge in [-0.1, -0.05) is 0 Å². The number of methoxy groups -OCH3 is 1. The predicted molar refractivity (Wildman–Crippen MR) is 78.6 cm³/mol. The van der Waals surface area contributed by atoms with E-state index in [1.807, 2.05) is 0 Å². The van der Waals surface area contributed by atoms with Gasteiger partial charge in [-0.15, -0.1) is 0 Å². The SMILES string of the molecule is COCC(Nc1c(Br)cc(C)cc1Br)C1CC1. The molecular weight excluding hydrogens is 346 g/mol. The third-order valence-corrected chi connectivity index (χ3v) is 4.30. The summed E-state index contributed by atoms with van der Waals surface area (Å²) in [6, 6.07) is 4.67. The molecule has 1 unspecified atom stereocenters. The van der Waals surface area contributed by atoms with Gasteiger partial charge in [0, 0.05) is 16.1 Å². The van der Waals surface area contributed by atoms with Crippen LogP contribution in [0, 0.1) is 12.8 Å². The van der Waals surface area contributed by atoms with Gasteiger partial charge in [-0.05, 0) is 75.2 Å². The lowest BCUT2D eigenvalue weighted by Gasteiger charge is -2.21. The van der Waals surface area contributed by atoms with Crippen LogP contribution in [0.4, 0.5) is 5.69 Å².